The highest BCUT2D eigenvalue weighted by atomic mass is 35.5. The molecule has 2 aliphatic carbocycles. The van der Waals surface area contributed by atoms with Gasteiger partial charge >= 0.3 is 5.97 Å². The van der Waals surface area contributed by atoms with Crippen molar-refractivity contribution in [2.45, 2.75) is 38.1 Å². The van der Waals surface area contributed by atoms with Crippen LogP contribution in [-0.2, 0) is 4.74 Å². The Balaban J connectivity index is 1.57. The lowest BCUT2D eigenvalue weighted by Gasteiger charge is -2.43. The molecule has 5 unspecified atom stereocenters. The molecule has 2 bridgehead atoms. The van der Waals surface area contributed by atoms with E-state index in [4.69, 9.17) is 16.3 Å². The van der Waals surface area contributed by atoms with Crippen LogP contribution in [0.1, 0.15) is 59.6 Å². The van der Waals surface area contributed by atoms with Crippen LogP contribution in [0.15, 0.2) is 42.5 Å². The molecule has 2 aromatic carbocycles. The summed E-state index contributed by atoms with van der Waals surface area (Å²) in [7, 11) is 0. The molecule has 1 N–H and O–H groups in total. The van der Waals surface area contributed by atoms with Crippen LogP contribution in [-0.4, -0.2) is 12.6 Å². The van der Waals surface area contributed by atoms with Crippen molar-refractivity contribution in [3.8, 4) is 0 Å². The van der Waals surface area contributed by atoms with E-state index in [9.17, 15) is 4.79 Å². The lowest BCUT2D eigenvalue weighted by molar-refractivity contribution is 0.0526. The zero-order valence-corrected chi connectivity index (χ0v) is 16.2. The molecule has 0 aromatic heterocycles. The van der Waals surface area contributed by atoms with E-state index in [1.165, 1.54) is 30.4 Å². The summed E-state index contributed by atoms with van der Waals surface area (Å²) in [6, 6.07) is 14.6. The van der Waals surface area contributed by atoms with Crippen LogP contribution in [0.4, 0.5) is 5.69 Å². The number of halogens is 1. The Hall–Kier alpha value is -2.00. The maximum Gasteiger partial charge on any atom is 0.338 e. The number of fused-ring (bicyclic) bond motifs is 7. The number of carbonyl (C=O) groups is 1. The van der Waals surface area contributed by atoms with Gasteiger partial charge in [-0.15, -0.1) is 0 Å². The Labute approximate surface area is 165 Å². The molecule has 0 amide bonds. The van der Waals surface area contributed by atoms with Gasteiger partial charge in [-0.1, -0.05) is 23.7 Å². The predicted octanol–water partition coefficient (Wildman–Crippen LogP) is 5.81. The van der Waals surface area contributed by atoms with Gasteiger partial charge in [0.05, 0.1) is 18.2 Å². The average molecular weight is 382 g/mol. The second kappa shape index (κ2) is 6.56. The SMILES string of the molecule is CCOC(=O)c1ccc2c(c1)C1C3CCC(C3)C1C(c1ccc(Cl)cc1)N2. The van der Waals surface area contributed by atoms with Crippen LogP contribution >= 0.6 is 11.6 Å². The number of nitrogens with one attached hydrogen (secondary N) is 1. The van der Waals surface area contributed by atoms with Crippen LogP contribution in [0.3, 0.4) is 0 Å². The summed E-state index contributed by atoms with van der Waals surface area (Å²) in [6.07, 6.45) is 3.94. The summed E-state index contributed by atoms with van der Waals surface area (Å²) >= 11 is 6.11. The van der Waals surface area contributed by atoms with Gasteiger partial charge in [-0.05, 0) is 91.3 Å². The van der Waals surface area contributed by atoms with E-state index in [1.807, 2.05) is 25.1 Å². The lowest BCUT2D eigenvalue weighted by atomic mass is 9.68. The lowest BCUT2D eigenvalue weighted by Crippen LogP contribution is -2.35. The van der Waals surface area contributed by atoms with E-state index in [1.54, 1.807) is 0 Å². The van der Waals surface area contributed by atoms with Gasteiger partial charge in [-0.2, -0.15) is 0 Å². The van der Waals surface area contributed by atoms with Gasteiger partial charge in [0.15, 0.2) is 0 Å². The van der Waals surface area contributed by atoms with Gasteiger partial charge in [-0.25, -0.2) is 4.79 Å². The molecule has 27 heavy (non-hydrogen) atoms. The standard InChI is InChI=1S/C23H24ClNO2/c1-2-27-23(26)16-7-10-19-18(12-16)20-14-3-4-15(11-14)21(20)22(25-19)13-5-8-17(24)9-6-13/h5-10,12,14-15,20-22,25H,2-4,11H2,1H3. The summed E-state index contributed by atoms with van der Waals surface area (Å²) in [4.78, 5) is 12.2. The normalized spacial score (nSPS) is 30.4. The monoisotopic (exact) mass is 381 g/mol. The van der Waals surface area contributed by atoms with Gasteiger partial charge in [0.2, 0.25) is 0 Å². The number of ether oxygens (including phenoxy) is 1. The summed E-state index contributed by atoms with van der Waals surface area (Å²) in [5, 5.41) is 4.57. The van der Waals surface area contributed by atoms with E-state index in [0.29, 0.717) is 30.0 Å². The zero-order chi connectivity index (χ0) is 18.5. The molecule has 2 saturated carbocycles. The van der Waals surface area contributed by atoms with Gasteiger partial charge in [0, 0.05) is 10.7 Å². The van der Waals surface area contributed by atoms with E-state index < -0.39 is 0 Å². The van der Waals surface area contributed by atoms with Crippen molar-refractivity contribution in [1.29, 1.82) is 0 Å². The second-order valence-corrected chi connectivity index (χ2v) is 8.57. The molecule has 140 valence electrons. The third kappa shape index (κ3) is 2.75. The molecule has 0 radical (unpaired) electrons. The van der Waals surface area contributed by atoms with Crippen molar-refractivity contribution in [1.82, 2.24) is 0 Å². The van der Waals surface area contributed by atoms with Crippen LogP contribution < -0.4 is 5.32 Å². The van der Waals surface area contributed by atoms with E-state index in [2.05, 4.69) is 29.6 Å². The van der Waals surface area contributed by atoms with Gasteiger partial charge in [-0.3, -0.25) is 0 Å². The molecule has 0 saturated heterocycles. The molecule has 5 atom stereocenters. The van der Waals surface area contributed by atoms with Gasteiger partial charge < -0.3 is 10.1 Å². The van der Waals surface area contributed by atoms with Crippen molar-refractivity contribution in [2.75, 3.05) is 11.9 Å². The smallest absolute Gasteiger partial charge is 0.338 e. The first-order valence-electron chi connectivity index (χ1n) is 9.98. The number of hydrogen-bond acceptors (Lipinski definition) is 3. The number of anilines is 1. The first kappa shape index (κ1) is 17.1. The summed E-state index contributed by atoms with van der Waals surface area (Å²) in [6.45, 7) is 2.25. The van der Waals surface area contributed by atoms with E-state index in [-0.39, 0.29) is 5.97 Å². The van der Waals surface area contributed by atoms with Crippen LogP contribution in [0, 0.1) is 17.8 Å². The Morgan fingerprint density at radius 2 is 1.93 bits per heavy atom. The van der Waals surface area contributed by atoms with Gasteiger partial charge in [0.25, 0.3) is 0 Å². The van der Waals surface area contributed by atoms with Crippen molar-refractivity contribution >= 4 is 23.3 Å². The van der Waals surface area contributed by atoms with Crippen LogP contribution in [0.25, 0.3) is 0 Å². The molecule has 2 aromatic rings. The maximum atomic E-state index is 12.2. The van der Waals surface area contributed by atoms with Crippen molar-refractivity contribution in [3.05, 3.63) is 64.2 Å². The fourth-order valence-corrected chi connectivity index (χ4v) is 5.95. The first-order chi connectivity index (χ1) is 13.2. The summed E-state index contributed by atoms with van der Waals surface area (Å²) in [5.74, 6) is 2.37. The third-order valence-electron chi connectivity index (χ3n) is 6.83. The highest BCUT2D eigenvalue weighted by Gasteiger charge is 2.53. The number of carbonyl (C=O) groups excluding carboxylic acids is 1. The summed E-state index contributed by atoms with van der Waals surface area (Å²) < 4.78 is 5.22. The zero-order valence-electron chi connectivity index (χ0n) is 15.5. The molecule has 1 aliphatic heterocycles. The van der Waals surface area contributed by atoms with Gasteiger partial charge in [0.1, 0.15) is 0 Å². The molecule has 0 spiro atoms. The van der Waals surface area contributed by atoms with Crippen molar-refractivity contribution < 1.29 is 9.53 Å². The average Bonchev–Trinajstić information content (AvgIpc) is 3.30. The molecule has 5 rings (SSSR count). The predicted molar refractivity (Wildman–Crippen MR) is 107 cm³/mol. The van der Waals surface area contributed by atoms with Crippen molar-refractivity contribution in [2.24, 2.45) is 17.8 Å². The summed E-state index contributed by atoms with van der Waals surface area (Å²) in [5.41, 5.74) is 4.45. The molecular weight excluding hydrogens is 358 g/mol. The number of hydrogen-bond donors (Lipinski definition) is 1. The second-order valence-electron chi connectivity index (χ2n) is 8.13. The molecule has 2 fully saturated rings. The highest BCUT2D eigenvalue weighted by Crippen LogP contribution is 2.63. The van der Waals surface area contributed by atoms with E-state index in [0.717, 1.165) is 22.5 Å². The quantitative estimate of drug-likeness (QED) is 0.681. The Morgan fingerprint density at radius 3 is 2.70 bits per heavy atom. The minimum Gasteiger partial charge on any atom is -0.462 e. The van der Waals surface area contributed by atoms with E-state index >= 15 is 0 Å². The topological polar surface area (TPSA) is 38.3 Å². The molecular formula is C23H24ClNO2. The molecule has 3 nitrogen and oxygen atoms in total. The highest BCUT2D eigenvalue weighted by molar-refractivity contribution is 6.30. The fraction of sp³-hybridized carbons (Fsp3) is 0.435. The largest absolute Gasteiger partial charge is 0.462 e. The van der Waals surface area contributed by atoms with Crippen LogP contribution in [0.5, 0.6) is 0 Å². The minimum atomic E-state index is -0.222. The fourth-order valence-electron chi connectivity index (χ4n) is 5.83. The Morgan fingerprint density at radius 1 is 1.15 bits per heavy atom. The Kier molecular flexibility index (Phi) is 4.16. The molecule has 4 heteroatoms. The number of benzene rings is 2. The molecule has 1 heterocycles. The van der Waals surface area contributed by atoms with Crippen LogP contribution in [0.2, 0.25) is 5.02 Å². The number of rotatable bonds is 3. The molecule has 3 aliphatic rings. The van der Waals surface area contributed by atoms with Crippen molar-refractivity contribution in [3.63, 3.8) is 0 Å². The Bertz CT molecular complexity index is 878. The minimum absolute atomic E-state index is 0.222. The third-order valence-corrected chi connectivity index (χ3v) is 7.08. The first-order valence-corrected chi connectivity index (χ1v) is 10.4. The number of esters is 1. The maximum absolute atomic E-state index is 12.2.